The summed E-state index contributed by atoms with van der Waals surface area (Å²) in [6.07, 6.45) is 6.60. The van der Waals surface area contributed by atoms with Crippen LogP contribution in [0.4, 0.5) is 0 Å². The molecule has 1 saturated carbocycles. The summed E-state index contributed by atoms with van der Waals surface area (Å²) in [5.74, 6) is 2.01. The van der Waals surface area contributed by atoms with Gasteiger partial charge in [0, 0.05) is 6.54 Å². The molecule has 1 amide bonds. The van der Waals surface area contributed by atoms with E-state index < -0.39 is 0 Å². The van der Waals surface area contributed by atoms with Crippen molar-refractivity contribution in [2.24, 2.45) is 17.8 Å². The highest BCUT2D eigenvalue weighted by molar-refractivity contribution is 5.84. The molecule has 1 heterocycles. The third-order valence-electron chi connectivity index (χ3n) is 4.86. The fourth-order valence-electron chi connectivity index (χ4n) is 3.56. The van der Waals surface area contributed by atoms with E-state index in [1.165, 1.54) is 25.7 Å². The predicted octanol–water partition coefficient (Wildman–Crippen LogP) is 3.01. The van der Waals surface area contributed by atoms with Crippen molar-refractivity contribution < 1.29 is 4.79 Å². The molecule has 3 heteroatoms. The number of rotatable bonds is 5. The van der Waals surface area contributed by atoms with Crippen LogP contribution < -0.4 is 5.32 Å². The Balaban J connectivity index is 2.12. The van der Waals surface area contributed by atoms with E-state index in [0.29, 0.717) is 29.8 Å². The van der Waals surface area contributed by atoms with E-state index in [1.54, 1.807) is 0 Å². The maximum Gasteiger partial charge on any atom is 0.241 e. The van der Waals surface area contributed by atoms with Gasteiger partial charge in [0.2, 0.25) is 5.91 Å². The minimum Gasteiger partial charge on any atom is -0.325 e. The quantitative estimate of drug-likeness (QED) is 0.829. The first-order chi connectivity index (χ1) is 9.04. The van der Waals surface area contributed by atoms with Crippen molar-refractivity contribution in [1.82, 2.24) is 10.2 Å². The lowest BCUT2D eigenvalue weighted by Crippen LogP contribution is -2.44. The van der Waals surface area contributed by atoms with Crippen LogP contribution in [0.25, 0.3) is 0 Å². The van der Waals surface area contributed by atoms with Gasteiger partial charge in [-0.2, -0.15) is 0 Å². The van der Waals surface area contributed by atoms with E-state index in [2.05, 4.69) is 37.9 Å². The molecular weight excluding hydrogens is 236 g/mol. The standard InChI is InChI=1S/C16H30N2O/c1-5-12(4)14-16(19)18(10-11(2)3)15(17-14)13-8-6-7-9-13/h11-15,17H,5-10H2,1-4H3. The monoisotopic (exact) mass is 266 g/mol. The SMILES string of the molecule is CCC(C)C1NC(C2CCCC2)N(CC(C)C)C1=O. The molecule has 1 N–H and O–H groups in total. The van der Waals surface area contributed by atoms with Crippen molar-refractivity contribution in [2.45, 2.75) is 72.0 Å². The molecule has 1 saturated heterocycles. The number of carbonyl (C=O) groups excluding carboxylic acids is 1. The van der Waals surface area contributed by atoms with Crippen LogP contribution in [-0.4, -0.2) is 29.6 Å². The average Bonchev–Trinajstić information content (AvgIpc) is 2.98. The lowest BCUT2D eigenvalue weighted by Gasteiger charge is -2.30. The highest BCUT2D eigenvalue weighted by Gasteiger charge is 2.44. The number of amides is 1. The van der Waals surface area contributed by atoms with Gasteiger partial charge in [-0.15, -0.1) is 0 Å². The second-order valence-corrected chi connectivity index (χ2v) is 6.90. The number of nitrogens with one attached hydrogen (secondary N) is 1. The van der Waals surface area contributed by atoms with Crippen molar-refractivity contribution in [1.29, 1.82) is 0 Å². The van der Waals surface area contributed by atoms with Crippen LogP contribution in [0.3, 0.4) is 0 Å². The molecule has 0 aromatic carbocycles. The summed E-state index contributed by atoms with van der Waals surface area (Å²) in [5.41, 5.74) is 0. The molecular formula is C16H30N2O. The van der Waals surface area contributed by atoms with Gasteiger partial charge in [-0.25, -0.2) is 0 Å². The Morgan fingerprint density at radius 1 is 1.26 bits per heavy atom. The highest BCUT2D eigenvalue weighted by atomic mass is 16.2. The number of nitrogens with zero attached hydrogens (tertiary/aromatic N) is 1. The summed E-state index contributed by atoms with van der Waals surface area (Å²) in [7, 11) is 0. The number of hydrogen-bond acceptors (Lipinski definition) is 2. The zero-order valence-electron chi connectivity index (χ0n) is 13.0. The highest BCUT2D eigenvalue weighted by Crippen LogP contribution is 2.33. The molecule has 2 fully saturated rings. The second-order valence-electron chi connectivity index (χ2n) is 6.90. The minimum absolute atomic E-state index is 0.0503. The third-order valence-corrected chi connectivity index (χ3v) is 4.86. The van der Waals surface area contributed by atoms with Crippen molar-refractivity contribution in [3.8, 4) is 0 Å². The van der Waals surface area contributed by atoms with E-state index in [4.69, 9.17) is 0 Å². The van der Waals surface area contributed by atoms with Crippen molar-refractivity contribution >= 4 is 5.91 Å². The molecule has 110 valence electrons. The van der Waals surface area contributed by atoms with E-state index in [0.717, 1.165) is 13.0 Å². The molecule has 0 spiro atoms. The van der Waals surface area contributed by atoms with E-state index >= 15 is 0 Å². The summed E-state index contributed by atoms with van der Waals surface area (Å²) in [5, 5.41) is 3.67. The topological polar surface area (TPSA) is 32.3 Å². The van der Waals surface area contributed by atoms with Crippen LogP contribution in [-0.2, 0) is 4.79 Å². The molecule has 3 nitrogen and oxygen atoms in total. The van der Waals surface area contributed by atoms with Crippen molar-refractivity contribution in [3.05, 3.63) is 0 Å². The van der Waals surface area contributed by atoms with Crippen LogP contribution >= 0.6 is 0 Å². The Hall–Kier alpha value is -0.570. The van der Waals surface area contributed by atoms with Crippen molar-refractivity contribution in [2.75, 3.05) is 6.54 Å². The number of carbonyl (C=O) groups is 1. The third kappa shape index (κ3) is 3.13. The maximum absolute atomic E-state index is 12.7. The molecule has 3 unspecified atom stereocenters. The van der Waals surface area contributed by atoms with Gasteiger partial charge in [-0.3, -0.25) is 10.1 Å². The fourth-order valence-corrected chi connectivity index (χ4v) is 3.56. The molecule has 2 aliphatic rings. The predicted molar refractivity (Wildman–Crippen MR) is 78.7 cm³/mol. The van der Waals surface area contributed by atoms with Gasteiger partial charge in [0.15, 0.2) is 0 Å². The number of hydrogen-bond donors (Lipinski definition) is 1. The van der Waals surface area contributed by atoms with Gasteiger partial charge >= 0.3 is 0 Å². The van der Waals surface area contributed by atoms with Crippen LogP contribution in [0.5, 0.6) is 0 Å². The first kappa shape index (κ1) is 14.8. The molecule has 0 bridgehead atoms. The largest absolute Gasteiger partial charge is 0.325 e. The summed E-state index contributed by atoms with van der Waals surface area (Å²) in [4.78, 5) is 14.8. The fraction of sp³-hybridized carbons (Fsp3) is 0.938. The molecule has 1 aliphatic carbocycles. The summed E-state index contributed by atoms with van der Waals surface area (Å²) in [6.45, 7) is 9.68. The minimum atomic E-state index is 0.0503. The van der Waals surface area contributed by atoms with E-state index in [1.807, 2.05) is 0 Å². The Bertz CT molecular complexity index is 310. The van der Waals surface area contributed by atoms with Gasteiger partial charge in [0.25, 0.3) is 0 Å². The lowest BCUT2D eigenvalue weighted by molar-refractivity contribution is -0.131. The zero-order valence-corrected chi connectivity index (χ0v) is 13.0. The Kier molecular flexibility index (Phi) is 4.88. The van der Waals surface area contributed by atoms with Crippen LogP contribution in [0.1, 0.15) is 59.8 Å². The van der Waals surface area contributed by atoms with Crippen LogP contribution in [0, 0.1) is 17.8 Å². The second kappa shape index (κ2) is 6.25. The first-order valence-corrected chi connectivity index (χ1v) is 8.11. The van der Waals surface area contributed by atoms with Gasteiger partial charge in [0.1, 0.15) is 0 Å². The molecule has 0 radical (unpaired) electrons. The smallest absolute Gasteiger partial charge is 0.241 e. The van der Waals surface area contributed by atoms with Crippen molar-refractivity contribution in [3.63, 3.8) is 0 Å². The summed E-state index contributed by atoms with van der Waals surface area (Å²) >= 11 is 0. The molecule has 19 heavy (non-hydrogen) atoms. The zero-order chi connectivity index (χ0) is 14.0. The van der Waals surface area contributed by atoms with Gasteiger partial charge < -0.3 is 4.90 Å². The van der Waals surface area contributed by atoms with E-state index in [9.17, 15) is 4.79 Å². The molecule has 0 aromatic rings. The maximum atomic E-state index is 12.7. The van der Waals surface area contributed by atoms with Gasteiger partial charge in [-0.1, -0.05) is 47.0 Å². The van der Waals surface area contributed by atoms with Gasteiger partial charge in [0.05, 0.1) is 12.2 Å². The normalized spacial score (nSPS) is 30.6. The summed E-state index contributed by atoms with van der Waals surface area (Å²) in [6, 6.07) is 0.0503. The first-order valence-electron chi connectivity index (χ1n) is 8.11. The lowest BCUT2D eigenvalue weighted by atomic mass is 9.99. The van der Waals surface area contributed by atoms with Crippen LogP contribution in [0.15, 0.2) is 0 Å². The Morgan fingerprint density at radius 3 is 2.42 bits per heavy atom. The Labute approximate surface area is 118 Å². The molecule has 1 aliphatic heterocycles. The average molecular weight is 266 g/mol. The Morgan fingerprint density at radius 2 is 1.89 bits per heavy atom. The summed E-state index contributed by atoms with van der Waals surface area (Å²) < 4.78 is 0. The van der Waals surface area contributed by atoms with Crippen LogP contribution in [0.2, 0.25) is 0 Å². The molecule has 2 rings (SSSR count). The van der Waals surface area contributed by atoms with Gasteiger partial charge in [-0.05, 0) is 30.6 Å². The van der Waals surface area contributed by atoms with E-state index in [-0.39, 0.29) is 6.04 Å². The molecule has 3 atom stereocenters. The molecule has 0 aromatic heterocycles.